The molecule has 0 aromatic heterocycles. The first-order valence-corrected chi connectivity index (χ1v) is 15.6. The Morgan fingerprint density at radius 1 is 0.875 bits per heavy atom. The maximum absolute atomic E-state index is 13.8. The van der Waals surface area contributed by atoms with Crippen LogP contribution < -0.4 is 10.0 Å². The largest absolute Gasteiger partial charge is 0.354 e. The monoisotopic (exact) mass is 561 g/mol. The fraction of sp³-hybridized carbons (Fsp3) is 0.375. The molecule has 7 nitrogen and oxygen atoms in total. The third kappa shape index (κ3) is 8.50. The number of carbonyl (C=O) groups is 2. The minimum absolute atomic E-state index is 0.0410. The van der Waals surface area contributed by atoms with Gasteiger partial charge in [0.1, 0.15) is 6.04 Å². The van der Waals surface area contributed by atoms with Gasteiger partial charge in [0.15, 0.2) is 0 Å². The molecule has 1 aliphatic carbocycles. The predicted molar refractivity (Wildman–Crippen MR) is 157 cm³/mol. The van der Waals surface area contributed by atoms with Gasteiger partial charge in [-0.1, -0.05) is 92.6 Å². The van der Waals surface area contributed by atoms with Gasteiger partial charge in [-0.3, -0.25) is 9.59 Å². The fourth-order valence-electron chi connectivity index (χ4n) is 4.61. The summed E-state index contributed by atoms with van der Waals surface area (Å²) in [6.07, 6.45) is 5.34. The Hall–Kier alpha value is -3.49. The van der Waals surface area contributed by atoms with E-state index < -0.39 is 16.1 Å². The number of amides is 2. The molecule has 1 atom stereocenters. The van der Waals surface area contributed by atoms with Gasteiger partial charge in [0.25, 0.3) is 0 Å². The molecule has 0 unspecified atom stereocenters. The first-order valence-electron chi connectivity index (χ1n) is 14.1. The average molecular weight is 562 g/mol. The molecule has 0 bridgehead atoms. The third-order valence-corrected chi connectivity index (χ3v) is 8.57. The van der Waals surface area contributed by atoms with Crippen LogP contribution in [0.25, 0.3) is 0 Å². The van der Waals surface area contributed by atoms with Gasteiger partial charge in [-0.15, -0.1) is 0 Å². The second kappa shape index (κ2) is 14.2. The van der Waals surface area contributed by atoms with Crippen LogP contribution in [0.5, 0.6) is 0 Å². The van der Waals surface area contributed by atoms with E-state index >= 15 is 0 Å². The van der Waals surface area contributed by atoms with Gasteiger partial charge in [0, 0.05) is 25.6 Å². The maximum atomic E-state index is 13.8. The standard InChI is InChI=1S/C32H39N3O4S/c1-2-3-10-23-33-32(37)31(27-13-8-5-9-14-27)35(24-26-11-6-4-7-12-26)30(36)22-17-25-15-20-29(21-16-25)40(38,39)34-28-18-19-28/h4-9,11-16,20-21,28,31,34H,2-3,10,17-19,22-24H2,1H3,(H,33,37)/t31-/m0/s1. The summed E-state index contributed by atoms with van der Waals surface area (Å²) in [7, 11) is -3.53. The minimum Gasteiger partial charge on any atom is -0.354 e. The van der Waals surface area contributed by atoms with Gasteiger partial charge < -0.3 is 10.2 Å². The van der Waals surface area contributed by atoms with Crippen molar-refractivity contribution in [2.24, 2.45) is 0 Å². The zero-order valence-corrected chi connectivity index (χ0v) is 23.9. The minimum atomic E-state index is -3.53. The zero-order chi connectivity index (χ0) is 28.4. The predicted octanol–water partition coefficient (Wildman–Crippen LogP) is 5.14. The number of sulfonamides is 1. The van der Waals surface area contributed by atoms with Crippen molar-refractivity contribution in [3.05, 3.63) is 102 Å². The molecule has 3 aromatic rings. The first-order chi connectivity index (χ1) is 19.4. The quantitative estimate of drug-likeness (QED) is 0.251. The van der Waals surface area contributed by atoms with Crippen LogP contribution in [0, 0.1) is 0 Å². The van der Waals surface area contributed by atoms with Gasteiger partial charge in [-0.2, -0.15) is 0 Å². The molecule has 2 amide bonds. The van der Waals surface area contributed by atoms with Gasteiger partial charge in [-0.05, 0) is 54.5 Å². The van der Waals surface area contributed by atoms with E-state index in [1.54, 1.807) is 29.2 Å². The van der Waals surface area contributed by atoms with Crippen molar-refractivity contribution in [3.8, 4) is 0 Å². The van der Waals surface area contributed by atoms with Crippen molar-refractivity contribution in [1.29, 1.82) is 0 Å². The number of carbonyl (C=O) groups excluding carboxylic acids is 2. The van der Waals surface area contributed by atoms with Crippen molar-refractivity contribution in [2.45, 2.75) is 75.4 Å². The molecule has 1 aliphatic rings. The Bertz CT molecular complexity index is 1340. The summed E-state index contributed by atoms with van der Waals surface area (Å²) in [4.78, 5) is 29.3. The molecule has 4 rings (SSSR count). The van der Waals surface area contributed by atoms with Crippen LogP contribution in [0.15, 0.2) is 89.8 Å². The lowest BCUT2D eigenvalue weighted by Crippen LogP contribution is -2.43. The highest BCUT2D eigenvalue weighted by atomic mass is 32.2. The van der Waals surface area contributed by atoms with Crippen LogP contribution in [0.3, 0.4) is 0 Å². The van der Waals surface area contributed by atoms with E-state index in [0.717, 1.165) is 48.8 Å². The topological polar surface area (TPSA) is 95.6 Å². The van der Waals surface area contributed by atoms with Crippen LogP contribution in [0.1, 0.15) is 68.2 Å². The van der Waals surface area contributed by atoms with Crippen LogP contribution in [0.4, 0.5) is 0 Å². The number of unbranched alkanes of at least 4 members (excludes halogenated alkanes) is 2. The van der Waals surface area contributed by atoms with Crippen molar-refractivity contribution in [1.82, 2.24) is 14.9 Å². The van der Waals surface area contributed by atoms with E-state index in [2.05, 4.69) is 17.0 Å². The molecule has 1 fully saturated rings. The summed E-state index contributed by atoms with van der Waals surface area (Å²) in [6.45, 7) is 2.98. The summed E-state index contributed by atoms with van der Waals surface area (Å²) in [6, 6.07) is 25.1. The normalized spacial score (nSPS) is 13.9. The molecular weight excluding hydrogens is 522 g/mol. The lowest BCUT2D eigenvalue weighted by molar-refractivity contribution is -0.141. The van der Waals surface area contributed by atoms with Gasteiger partial charge in [0.05, 0.1) is 4.90 Å². The summed E-state index contributed by atoms with van der Waals surface area (Å²) in [5, 5.41) is 3.05. The van der Waals surface area contributed by atoms with Crippen molar-refractivity contribution in [2.75, 3.05) is 6.54 Å². The van der Waals surface area contributed by atoms with E-state index in [-0.39, 0.29) is 29.2 Å². The molecular formula is C32H39N3O4S. The molecule has 0 heterocycles. The van der Waals surface area contributed by atoms with Crippen molar-refractivity contribution < 1.29 is 18.0 Å². The Morgan fingerprint density at radius 3 is 2.15 bits per heavy atom. The number of rotatable bonds is 15. The highest BCUT2D eigenvalue weighted by molar-refractivity contribution is 7.89. The molecule has 3 aromatic carbocycles. The van der Waals surface area contributed by atoms with Crippen LogP contribution in [0.2, 0.25) is 0 Å². The van der Waals surface area contributed by atoms with Crippen LogP contribution in [-0.4, -0.2) is 37.7 Å². The molecule has 1 saturated carbocycles. The number of aryl methyl sites for hydroxylation is 1. The van der Waals surface area contributed by atoms with Gasteiger partial charge in [-0.25, -0.2) is 13.1 Å². The number of hydrogen-bond acceptors (Lipinski definition) is 4. The van der Waals surface area contributed by atoms with Gasteiger partial charge >= 0.3 is 0 Å². The summed E-state index contributed by atoms with van der Waals surface area (Å²) >= 11 is 0. The average Bonchev–Trinajstić information content (AvgIpc) is 3.78. The molecule has 0 saturated heterocycles. The second-order valence-electron chi connectivity index (χ2n) is 10.4. The molecule has 212 valence electrons. The highest BCUT2D eigenvalue weighted by Gasteiger charge is 2.31. The lowest BCUT2D eigenvalue weighted by atomic mass is 10.0. The lowest BCUT2D eigenvalue weighted by Gasteiger charge is -2.32. The number of nitrogens with one attached hydrogen (secondary N) is 2. The van der Waals surface area contributed by atoms with E-state index in [1.165, 1.54) is 0 Å². The van der Waals surface area contributed by atoms with Crippen LogP contribution >= 0.6 is 0 Å². The molecule has 0 spiro atoms. The number of nitrogens with zero attached hydrogens (tertiary/aromatic N) is 1. The number of benzene rings is 3. The van der Waals surface area contributed by atoms with Crippen LogP contribution in [-0.2, 0) is 32.6 Å². The highest BCUT2D eigenvalue weighted by Crippen LogP contribution is 2.26. The van der Waals surface area contributed by atoms with Gasteiger partial charge in [0.2, 0.25) is 21.8 Å². The summed E-state index contributed by atoms with van der Waals surface area (Å²) in [5.41, 5.74) is 2.56. The van der Waals surface area contributed by atoms with E-state index in [4.69, 9.17) is 0 Å². The van der Waals surface area contributed by atoms with E-state index in [0.29, 0.717) is 19.5 Å². The third-order valence-electron chi connectivity index (χ3n) is 7.03. The van der Waals surface area contributed by atoms with E-state index in [9.17, 15) is 18.0 Å². The second-order valence-corrected chi connectivity index (χ2v) is 12.1. The summed E-state index contributed by atoms with van der Waals surface area (Å²) < 4.78 is 27.7. The zero-order valence-electron chi connectivity index (χ0n) is 23.1. The fourth-order valence-corrected chi connectivity index (χ4v) is 5.92. The van der Waals surface area contributed by atoms with E-state index in [1.807, 2.05) is 60.7 Å². The SMILES string of the molecule is CCCCCNC(=O)[C@H](c1ccccc1)N(Cc1ccccc1)C(=O)CCc1ccc(S(=O)(=O)NC2CC2)cc1. The first kappa shape index (κ1) is 29.5. The molecule has 2 N–H and O–H groups in total. The number of hydrogen-bond donors (Lipinski definition) is 2. The Balaban J connectivity index is 1.52. The Kier molecular flexibility index (Phi) is 10.5. The van der Waals surface area contributed by atoms with Crippen molar-refractivity contribution >= 4 is 21.8 Å². The molecule has 8 heteroatoms. The molecule has 0 aliphatic heterocycles. The Labute approximate surface area is 238 Å². The van der Waals surface area contributed by atoms with Crippen molar-refractivity contribution in [3.63, 3.8) is 0 Å². The molecule has 0 radical (unpaired) electrons. The molecule has 40 heavy (non-hydrogen) atoms. The smallest absolute Gasteiger partial charge is 0.247 e. The summed E-state index contributed by atoms with van der Waals surface area (Å²) in [5.74, 6) is -0.335. The Morgan fingerprint density at radius 2 is 1.52 bits per heavy atom. The maximum Gasteiger partial charge on any atom is 0.247 e.